The summed E-state index contributed by atoms with van der Waals surface area (Å²) in [7, 11) is -1.79. The second-order valence-electron chi connectivity index (χ2n) is 5.36. The third-order valence-corrected chi connectivity index (χ3v) is 3.82. The lowest BCUT2D eigenvalue weighted by Crippen LogP contribution is -2.31. The van der Waals surface area contributed by atoms with Crippen LogP contribution >= 0.6 is 12.6 Å². The molecule has 10 heteroatoms. The van der Waals surface area contributed by atoms with E-state index in [4.69, 9.17) is 10.0 Å². The fraction of sp³-hybridized carbons (Fsp3) is 0.200. The van der Waals surface area contributed by atoms with Gasteiger partial charge in [-0.05, 0) is 47.3 Å². The molecule has 0 unspecified atom stereocenters. The summed E-state index contributed by atoms with van der Waals surface area (Å²) < 4.78 is 77.1. The maximum atomic E-state index is 12.8. The smallest absolute Gasteiger partial charge is 0.423 e. The van der Waals surface area contributed by atoms with Gasteiger partial charge in [-0.25, -0.2) is 0 Å². The third-order valence-electron chi connectivity index (χ3n) is 3.43. The van der Waals surface area contributed by atoms with Crippen molar-refractivity contribution in [2.24, 2.45) is 0 Å². The molecular weight excluding hydrogens is 369 g/mol. The van der Waals surface area contributed by atoms with Crippen molar-refractivity contribution in [2.45, 2.75) is 23.7 Å². The van der Waals surface area contributed by atoms with Crippen LogP contribution in [0.25, 0.3) is 0 Å². The van der Waals surface area contributed by atoms with Crippen LogP contribution in [0, 0.1) is 0 Å². The van der Waals surface area contributed by atoms with Gasteiger partial charge in [0.15, 0.2) is 0 Å². The van der Waals surface area contributed by atoms with Crippen LogP contribution in [0.5, 0.6) is 0 Å². The van der Waals surface area contributed by atoms with Crippen molar-refractivity contribution in [1.29, 1.82) is 0 Å². The normalized spacial score (nSPS) is 12.4. The summed E-state index contributed by atoms with van der Waals surface area (Å²) in [6, 6.07) is 5.40. The van der Waals surface area contributed by atoms with Crippen molar-refractivity contribution in [1.82, 2.24) is 0 Å². The van der Waals surface area contributed by atoms with Crippen molar-refractivity contribution in [3.63, 3.8) is 0 Å². The number of thiol groups is 1. The quantitative estimate of drug-likeness (QED) is 0.435. The molecule has 0 aliphatic carbocycles. The van der Waals surface area contributed by atoms with E-state index in [0.717, 1.165) is 0 Å². The predicted molar refractivity (Wildman–Crippen MR) is 82.8 cm³/mol. The van der Waals surface area contributed by atoms with E-state index >= 15 is 0 Å². The summed E-state index contributed by atoms with van der Waals surface area (Å²) in [6.07, 6.45) is -10.0. The van der Waals surface area contributed by atoms with Gasteiger partial charge in [0.05, 0.1) is 11.1 Å². The lowest BCUT2D eigenvalue weighted by molar-refractivity contribution is -0.143. The molecule has 0 heterocycles. The molecule has 0 saturated heterocycles. The Kier molecular flexibility index (Phi) is 5.45. The maximum Gasteiger partial charge on any atom is 0.489 e. The highest BCUT2D eigenvalue weighted by atomic mass is 32.1. The Balaban J connectivity index is 2.44. The Bertz CT molecular complexity index is 741. The van der Waals surface area contributed by atoms with E-state index in [1.165, 1.54) is 18.2 Å². The molecule has 0 saturated carbocycles. The molecule has 0 atom stereocenters. The first-order valence-electron chi connectivity index (χ1n) is 6.84. The molecule has 0 bridgehead atoms. The van der Waals surface area contributed by atoms with E-state index in [-0.39, 0.29) is 28.4 Å². The highest BCUT2D eigenvalue weighted by molar-refractivity contribution is 7.80. The summed E-state index contributed by atoms with van der Waals surface area (Å²) >= 11 is 4.03. The number of halogens is 6. The third kappa shape index (κ3) is 4.93. The van der Waals surface area contributed by atoms with E-state index < -0.39 is 30.6 Å². The van der Waals surface area contributed by atoms with Crippen LogP contribution in [0.3, 0.4) is 0 Å². The zero-order valence-corrected chi connectivity index (χ0v) is 13.3. The van der Waals surface area contributed by atoms with Gasteiger partial charge in [0.1, 0.15) is 0 Å². The molecule has 0 spiro atoms. The van der Waals surface area contributed by atoms with Crippen LogP contribution in [-0.4, -0.2) is 17.2 Å². The first-order valence-corrected chi connectivity index (χ1v) is 7.29. The first-order chi connectivity index (χ1) is 11.4. The number of benzene rings is 2. The average Bonchev–Trinajstić information content (AvgIpc) is 2.44. The van der Waals surface area contributed by atoms with Crippen molar-refractivity contribution in [3.8, 4) is 0 Å². The average molecular weight is 380 g/mol. The molecule has 0 amide bonds. The number of hydrogen-bond donors (Lipinski definition) is 3. The van der Waals surface area contributed by atoms with Gasteiger partial charge < -0.3 is 10.0 Å². The SMILES string of the molecule is OB(O)c1ccc(Cc2cc(C(F)(F)F)cc(C(F)(F)F)c2)cc1S. The van der Waals surface area contributed by atoms with Crippen molar-refractivity contribution < 1.29 is 36.4 Å². The predicted octanol–water partition coefficient (Wildman–Crippen LogP) is 3.28. The van der Waals surface area contributed by atoms with Gasteiger partial charge >= 0.3 is 19.5 Å². The van der Waals surface area contributed by atoms with Crippen molar-refractivity contribution >= 4 is 25.2 Å². The molecule has 2 N–H and O–H groups in total. The molecule has 0 aromatic heterocycles. The molecule has 2 nitrogen and oxygen atoms in total. The molecule has 0 aliphatic rings. The second kappa shape index (κ2) is 6.93. The van der Waals surface area contributed by atoms with E-state index in [1.807, 2.05) is 0 Å². The number of alkyl halides is 6. The standard InChI is InChI=1S/C15H11BF6O2S/c17-14(18,19)10-4-9(5-11(7-10)15(20,21)22)3-8-1-2-12(16(23)24)13(25)6-8/h1-2,4-7,23-25H,3H2. The number of hydrogen-bond acceptors (Lipinski definition) is 3. The Morgan fingerprint density at radius 1 is 0.800 bits per heavy atom. The van der Waals surface area contributed by atoms with Gasteiger partial charge in [-0.3, -0.25) is 0 Å². The Labute approximate surface area is 144 Å². The topological polar surface area (TPSA) is 40.5 Å². The van der Waals surface area contributed by atoms with Gasteiger partial charge in [-0.2, -0.15) is 26.3 Å². The minimum atomic E-state index is -4.91. The van der Waals surface area contributed by atoms with Crippen LogP contribution in [0.2, 0.25) is 0 Å². The lowest BCUT2D eigenvalue weighted by Gasteiger charge is -2.14. The summed E-state index contributed by atoms with van der Waals surface area (Å²) in [5.41, 5.74) is -2.49. The number of rotatable bonds is 3. The molecule has 134 valence electrons. The van der Waals surface area contributed by atoms with Crippen LogP contribution in [0.4, 0.5) is 26.3 Å². The molecule has 0 aliphatic heterocycles. The summed E-state index contributed by atoms with van der Waals surface area (Å²) in [6.45, 7) is 0. The van der Waals surface area contributed by atoms with Crippen LogP contribution in [0.15, 0.2) is 41.3 Å². The molecular formula is C15H11BF6O2S. The van der Waals surface area contributed by atoms with Crippen molar-refractivity contribution in [3.05, 3.63) is 58.7 Å². The molecule has 2 aromatic carbocycles. The summed E-state index contributed by atoms with van der Waals surface area (Å²) in [5, 5.41) is 18.2. The van der Waals surface area contributed by atoms with Crippen molar-refractivity contribution in [2.75, 3.05) is 0 Å². The monoisotopic (exact) mass is 380 g/mol. The Hall–Kier alpha value is -1.65. The van der Waals surface area contributed by atoms with Gasteiger partial charge in [-0.1, -0.05) is 12.1 Å². The fourth-order valence-electron chi connectivity index (χ4n) is 2.27. The largest absolute Gasteiger partial charge is 0.489 e. The fourth-order valence-corrected chi connectivity index (χ4v) is 2.63. The lowest BCUT2D eigenvalue weighted by atomic mass is 9.79. The van der Waals surface area contributed by atoms with Crippen LogP contribution in [-0.2, 0) is 18.8 Å². The highest BCUT2D eigenvalue weighted by Gasteiger charge is 2.36. The highest BCUT2D eigenvalue weighted by Crippen LogP contribution is 2.36. The van der Waals surface area contributed by atoms with E-state index in [9.17, 15) is 26.3 Å². The van der Waals surface area contributed by atoms with E-state index in [1.54, 1.807) is 0 Å². The van der Waals surface area contributed by atoms with Gasteiger partial charge in [-0.15, -0.1) is 12.6 Å². The van der Waals surface area contributed by atoms with Gasteiger partial charge in [0.25, 0.3) is 0 Å². The van der Waals surface area contributed by atoms with Gasteiger partial charge in [0, 0.05) is 4.90 Å². The minimum Gasteiger partial charge on any atom is -0.423 e. The Morgan fingerprint density at radius 2 is 1.32 bits per heavy atom. The summed E-state index contributed by atoms with van der Waals surface area (Å²) in [5.74, 6) is 0. The minimum absolute atomic E-state index is 0.0682. The maximum absolute atomic E-state index is 12.8. The molecule has 2 rings (SSSR count). The Morgan fingerprint density at radius 3 is 1.72 bits per heavy atom. The van der Waals surface area contributed by atoms with Crippen LogP contribution < -0.4 is 5.46 Å². The van der Waals surface area contributed by atoms with Crippen LogP contribution in [0.1, 0.15) is 22.3 Å². The van der Waals surface area contributed by atoms with E-state index in [0.29, 0.717) is 17.7 Å². The summed E-state index contributed by atoms with van der Waals surface area (Å²) in [4.78, 5) is 0.163. The van der Waals surface area contributed by atoms with E-state index in [2.05, 4.69) is 12.6 Å². The molecule has 0 radical (unpaired) electrons. The molecule has 0 fully saturated rings. The first kappa shape index (κ1) is 19.7. The molecule has 25 heavy (non-hydrogen) atoms. The van der Waals surface area contributed by atoms with Gasteiger partial charge in [0.2, 0.25) is 0 Å². The zero-order chi connectivity index (χ0) is 19.0. The second-order valence-corrected chi connectivity index (χ2v) is 5.84. The zero-order valence-electron chi connectivity index (χ0n) is 12.4. The molecule has 2 aromatic rings.